The molecule has 0 saturated heterocycles. The third-order valence-corrected chi connectivity index (χ3v) is 2.66. The highest BCUT2D eigenvalue weighted by Gasteiger charge is 2.29. The maximum Gasteiger partial charge on any atom is 0.150 e. The predicted molar refractivity (Wildman–Crippen MR) is 50.1 cm³/mol. The van der Waals surface area contributed by atoms with Crippen molar-refractivity contribution in [1.82, 2.24) is 10.5 Å². The number of hydrogen-bond donors (Lipinski definition) is 1. The third-order valence-electron chi connectivity index (χ3n) is 2.66. The lowest BCUT2D eigenvalue weighted by atomic mass is 10.1. The van der Waals surface area contributed by atoms with Gasteiger partial charge in [0.25, 0.3) is 0 Å². The maximum absolute atomic E-state index is 5.02. The van der Waals surface area contributed by atoms with Gasteiger partial charge in [0, 0.05) is 12.1 Å². The van der Waals surface area contributed by atoms with Crippen molar-refractivity contribution in [2.75, 3.05) is 0 Å². The fourth-order valence-corrected chi connectivity index (χ4v) is 1.71. The zero-order valence-electron chi connectivity index (χ0n) is 7.99. The Morgan fingerprint density at radius 3 is 3.08 bits per heavy atom. The van der Waals surface area contributed by atoms with E-state index >= 15 is 0 Å². The van der Waals surface area contributed by atoms with Crippen molar-refractivity contribution in [1.29, 1.82) is 0 Å². The monoisotopic (exact) mass is 180 g/mol. The number of nitrogens with zero attached hydrogens (tertiary/aromatic N) is 1. The van der Waals surface area contributed by atoms with E-state index in [-0.39, 0.29) is 0 Å². The van der Waals surface area contributed by atoms with Gasteiger partial charge in [-0.15, -0.1) is 0 Å². The van der Waals surface area contributed by atoms with E-state index in [2.05, 4.69) is 17.4 Å². The van der Waals surface area contributed by atoms with Gasteiger partial charge in [-0.1, -0.05) is 12.1 Å². The van der Waals surface area contributed by atoms with Crippen molar-refractivity contribution in [2.45, 2.75) is 38.8 Å². The molecule has 1 aliphatic carbocycles. The van der Waals surface area contributed by atoms with E-state index in [4.69, 9.17) is 4.52 Å². The molecular weight excluding hydrogens is 164 g/mol. The van der Waals surface area contributed by atoms with Crippen LogP contribution in [0.15, 0.2) is 16.8 Å². The standard InChI is InChI=1S/C10H16N2O/c1-2-10(8-3-4-8)11-7-9-5-6-12-13-9/h5-6,8,10-11H,2-4,7H2,1H3. The second-order valence-corrected chi connectivity index (χ2v) is 3.71. The highest BCUT2D eigenvalue weighted by atomic mass is 16.5. The van der Waals surface area contributed by atoms with Crippen LogP contribution < -0.4 is 5.32 Å². The van der Waals surface area contributed by atoms with Gasteiger partial charge in [-0.3, -0.25) is 0 Å². The molecule has 0 bridgehead atoms. The van der Waals surface area contributed by atoms with E-state index < -0.39 is 0 Å². The molecule has 0 amide bonds. The van der Waals surface area contributed by atoms with Crippen LogP contribution in [0, 0.1) is 5.92 Å². The molecule has 2 rings (SSSR count). The number of rotatable bonds is 5. The van der Waals surface area contributed by atoms with Gasteiger partial charge in [-0.2, -0.15) is 0 Å². The van der Waals surface area contributed by atoms with Crippen LogP contribution in [0.1, 0.15) is 31.9 Å². The van der Waals surface area contributed by atoms with Gasteiger partial charge in [0.2, 0.25) is 0 Å². The Labute approximate surface area is 78.5 Å². The second-order valence-electron chi connectivity index (χ2n) is 3.71. The molecule has 0 radical (unpaired) electrons. The SMILES string of the molecule is CCC(NCc1ccno1)C1CC1. The Morgan fingerprint density at radius 2 is 2.54 bits per heavy atom. The summed E-state index contributed by atoms with van der Waals surface area (Å²) >= 11 is 0. The van der Waals surface area contributed by atoms with Crippen molar-refractivity contribution in [3.63, 3.8) is 0 Å². The van der Waals surface area contributed by atoms with E-state index in [1.54, 1.807) is 6.20 Å². The van der Waals surface area contributed by atoms with Crippen molar-refractivity contribution < 1.29 is 4.52 Å². The number of hydrogen-bond acceptors (Lipinski definition) is 3. The summed E-state index contributed by atoms with van der Waals surface area (Å²) in [4.78, 5) is 0. The minimum atomic E-state index is 0.671. The van der Waals surface area contributed by atoms with Crippen LogP contribution in [0.3, 0.4) is 0 Å². The molecule has 72 valence electrons. The molecule has 1 saturated carbocycles. The first kappa shape index (κ1) is 8.75. The van der Waals surface area contributed by atoms with E-state index in [1.807, 2.05) is 6.07 Å². The lowest BCUT2D eigenvalue weighted by Gasteiger charge is -2.14. The van der Waals surface area contributed by atoms with E-state index in [0.717, 1.165) is 18.2 Å². The average molecular weight is 180 g/mol. The zero-order valence-corrected chi connectivity index (χ0v) is 7.99. The fourth-order valence-electron chi connectivity index (χ4n) is 1.71. The number of nitrogens with one attached hydrogen (secondary N) is 1. The van der Waals surface area contributed by atoms with Crippen molar-refractivity contribution in [3.8, 4) is 0 Å². The molecule has 13 heavy (non-hydrogen) atoms. The minimum Gasteiger partial charge on any atom is -0.360 e. The van der Waals surface area contributed by atoms with E-state index in [0.29, 0.717) is 6.04 Å². The Hall–Kier alpha value is -0.830. The Kier molecular flexibility index (Phi) is 2.64. The summed E-state index contributed by atoms with van der Waals surface area (Å²) in [5.41, 5.74) is 0. The Bertz CT molecular complexity index is 241. The van der Waals surface area contributed by atoms with Crippen molar-refractivity contribution >= 4 is 0 Å². The highest BCUT2D eigenvalue weighted by Crippen LogP contribution is 2.33. The summed E-state index contributed by atoms with van der Waals surface area (Å²) in [7, 11) is 0. The molecule has 3 heteroatoms. The summed E-state index contributed by atoms with van der Waals surface area (Å²) in [6.45, 7) is 3.05. The van der Waals surface area contributed by atoms with Crippen molar-refractivity contribution in [2.24, 2.45) is 5.92 Å². The topological polar surface area (TPSA) is 38.1 Å². The first-order valence-corrected chi connectivity index (χ1v) is 5.03. The van der Waals surface area contributed by atoms with Crippen LogP contribution >= 0.6 is 0 Å². The first-order chi connectivity index (χ1) is 6.40. The van der Waals surface area contributed by atoms with Gasteiger partial charge in [-0.25, -0.2) is 0 Å². The lowest BCUT2D eigenvalue weighted by Crippen LogP contribution is -2.29. The van der Waals surface area contributed by atoms with Crippen LogP contribution in [-0.2, 0) is 6.54 Å². The quantitative estimate of drug-likeness (QED) is 0.752. The molecule has 1 fully saturated rings. The summed E-state index contributed by atoms with van der Waals surface area (Å²) in [5.74, 6) is 1.84. The van der Waals surface area contributed by atoms with Gasteiger partial charge < -0.3 is 9.84 Å². The molecule has 0 aliphatic heterocycles. The van der Waals surface area contributed by atoms with Crippen LogP contribution in [0.2, 0.25) is 0 Å². The normalized spacial score (nSPS) is 18.8. The molecular formula is C10H16N2O. The molecule has 1 aromatic heterocycles. The van der Waals surface area contributed by atoms with Crippen LogP contribution in [0.4, 0.5) is 0 Å². The van der Waals surface area contributed by atoms with Gasteiger partial charge >= 0.3 is 0 Å². The van der Waals surface area contributed by atoms with Crippen LogP contribution in [-0.4, -0.2) is 11.2 Å². The molecule has 1 unspecified atom stereocenters. The Morgan fingerprint density at radius 1 is 1.69 bits per heavy atom. The molecule has 1 atom stereocenters. The predicted octanol–water partition coefficient (Wildman–Crippen LogP) is 1.95. The largest absolute Gasteiger partial charge is 0.360 e. The van der Waals surface area contributed by atoms with Crippen LogP contribution in [0.5, 0.6) is 0 Å². The smallest absolute Gasteiger partial charge is 0.150 e. The molecule has 1 N–H and O–H groups in total. The van der Waals surface area contributed by atoms with Gasteiger partial charge in [-0.05, 0) is 25.2 Å². The fraction of sp³-hybridized carbons (Fsp3) is 0.700. The third kappa shape index (κ3) is 2.31. The highest BCUT2D eigenvalue weighted by molar-refractivity contribution is 4.94. The molecule has 1 heterocycles. The molecule has 1 aliphatic rings. The van der Waals surface area contributed by atoms with E-state index in [9.17, 15) is 0 Å². The molecule has 1 aromatic rings. The summed E-state index contributed by atoms with van der Waals surface area (Å²) < 4.78 is 5.02. The average Bonchev–Trinajstić information content (AvgIpc) is 2.84. The molecule has 3 nitrogen and oxygen atoms in total. The summed E-state index contributed by atoms with van der Waals surface area (Å²) in [6, 6.07) is 2.58. The second kappa shape index (κ2) is 3.92. The molecule has 0 aromatic carbocycles. The molecule has 0 spiro atoms. The van der Waals surface area contributed by atoms with E-state index in [1.165, 1.54) is 19.3 Å². The number of aromatic nitrogens is 1. The van der Waals surface area contributed by atoms with Gasteiger partial charge in [0.1, 0.15) is 5.76 Å². The zero-order chi connectivity index (χ0) is 9.10. The van der Waals surface area contributed by atoms with Gasteiger partial charge in [0.05, 0.1) is 12.7 Å². The lowest BCUT2D eigenvalue weighted by molar-refractivity contribution is 0.352. The minimum absolute atomic E-state index is 0.671. The summed E-state index contributed by atoms with van der Waals surface area (Å²) in [6.07, 6.45) is 5.68. The van der Waals surface area contributed by atoms with Crippen LogP contribution in [0.25, 0.3) is 0 Å². The maximum atomic E-state index is 5.02. The first-order valence-electron chi connectivity index (χ1n) is 5.03. The Balaban J connectivity index is 1.77. The van der Waals surface area contributed by atoms with Gasteiger partial charge in [0.15, 0.2) is 0 Å². The summed E-state index contributed by atoms with van der Waals surface area (Å²) in [5, 5.41) is 7.17. The van der Waals surface area contributed by atoms with Crippen molar-refractivity contribution in [3.05, 3.63) is 18.0 Å².